The van der Waals surface area contributed by atoms with Gasteiger partial charge in [0.15, 0.2) is 12.4 Å². The molecule has 0 saturated carbocycles. The van der Waals surface area contributed by atoms with Crippen molar-refractivity contribution in [3.05, 3.63) is 102 Å². The predicted octanol–water partition coefficient (Wildman–Crippen LogP) is 3.45. The molecule has 1 amide bonds. The Kier molecular flexibility index (Phi) is 6.09. The largest absolute Gasteiger partial charge is 0.484 e. The van der Waals surface area contributed by atoms with Gasteiger partial charge in [-0.1, -0.05) is 72.8 Å². The van der Waals surface area contributed by atoms with Crippen molar-refractivity contribution in [2.24, 2.45) is 5.10 Å². The van der Waals surface area contributed by atoms with Crippen molar-refractivity contribution < 1.29 is 14.3 Å². The van der Waals surface area contributed by atoms with Gasteiger partial charge in [0.05, 0.1) is 6.21 Å². The lowest BCUT2D eigenvalue weighted by Gasteiger charge is -2.04. The fourth-order valence-corrected chi connectivity index (χ4v) is 2.35. The summed E-state index contributed by atoms with van der Waals surface area (Å²) in [6.45, 7) is -0.119. The molecular formula is C22H18N2O3. The number of hydrogen-bond donors (Lipinski definition) is 1. The molecule has 27 heavy (non-hydrogen) atoms. The Labute approximate surface area is 157 Å². The average Bonchev–Trinajstić information content (AvgIpc) is 2.74. The van der Waals surface area contributed by atoms with E-state index in [4.69, 9.17) is 4.74 Å². The first-order valence-electron chi connectivity index (χ1n) is 8.42. The maximum Gasteiger partial charge on any atom is 0.277 e. The third kappa shape index (κ3) is 5.37. The minimum absolute atomic E-state index is 0.0366. The van der Waals surface area contributed by atoms with Gasteiger partial charge in [-0.15, -0.1) is 0 Å². The van der Waals surface area contributed by atoms with Gasteiger partial charge in [-0.2, -0.15) is 5.10 Å². The maximum absolute atomic E-state index is 12.3. The molecule has 3 rings (SSSR count). The number of nitrogens with one attached hydrogen (secondary N) is 1. The van der Waals surface area contributed by atoms with Crippen LogP contribution in [-0.2, 0) is 4.79 Å². The van der Waals surface area contributed by atoms with Crippen molar-refractivity contribution in [3.63, 3.8) is 0 Å². The summed E-state index contributed by atoms with van der Waals surface area (Å²) in [5.41, 5.74) is 4.41. The Hall–Kier alpha value is -3.73. The molecule has 0 atom stereocenters. The molecule has 0 aliphatic carbocycles. The van der Waals surface area contributed by atoms with E-state index in [1.165, 1.54) is 6.21 Å². The third-order valence-electron chi connectivity index (χ3n) is 3.72. The van der Waals surface area contributed by atoms with Crippen molar-refractivity contribution in [2.45, 2.75) is 0 Å². The standard InChI is InChI=1S/C22H18N2O3/c25-21(16-27-20-9-5-2-6-10-20)24-23-15-17-11-13-19(14-12-17)22(26)18-7-3-1-4-8-18/h1-15H,16H2,(H,24,25)/b23-15-. The first kappa shape index (κ1) is 18.1. The number of para-hydroxylation sites is 1. The van der Waals surface area contributed by atoms with Crippen LogP contribution in [0.5, 0.6) is 5.75 Å². The van der Waals surface area contributed by atoms with Crippen LogP contribution in [0.1, 0.15) is 21.5 Å². The van der Waals surface area contributed by atoms with Crippen LogP contribution >= 0.6 is 0 Å². The van der Waals surface area contributed by atoms with Gasteiger partial charge < -0.3 is 4.74 Å². The number of ether oxygens (including phenoxy) is 1. The van der Waals surface area contributed by atoms with Crippen molar-refractivity contribution in [3.8, 4) is 5.75 Å². The summed E-state index contributed by atoms with van der Waals surface area (Å²) in [7, 11) is 0. The SMILES string of the molecule is O=C(COc1ccccc1)N/N=C\c1ccc(C(=O)c2ccccc2)cc1. The van der Waals surface area contributed by atoms with Crippen LogP contribution in [-0.4, -0.2) is 24.5 Å². The summed E-state index contributed by atoms with van der Waals surface area (Å²) in [4.78, 5) is 24.1. The second-order valence-electron chi connectivity index (χ2n) is 5.71. The molecular weight excluding hydrogens is 340 g/mol. The Morgan fingerprint density at radius 2 is 1.41 bits per heavy atom. The molecule has 1 N–H and O–H groups in total. The van der Waals surface area contributed by atoms with E-state index in [9.17, 15) is 9.59 Å². The smallest absolute Gasteiger partial charge is 0.277 e. The molecule has 0 heterocycles. The fraction of sp³-hybridized carbons (Fsp3) is 0.0455. The summed E-state index contributed by atoms with van der Waals surface area (Å²) < 4.78 is 5.33. The normalized spacial score (nSPS) is 10.5. The zero-order valence-electron chi connectivity index (χ0n) is 14.5. The molecule has 0 aliphatic heterocycles. The van der Waals surface area contributed by atoms with Crippen LogP contribution in [0, 0.1) is 0 Å². The van der Waals surface area contributed by atoms with E-state index in [1.54, 1.807) is 48.5 Å². The number of hydrogen-bond acceptors (Lipinski definition) is 4. The number of carbonyl (C=O) groups excluding carboxylic acids is 2. The second kappa shape index (κ2) is 9.10. The Balaban J connectivity index is 1.50. The number of nitrogens with zero attached hydrogens (tertiary/aromatic N) is 1. The molecule has 0 aliphatic rings. The molecule has 5 heteroatoms. The first-order valence-corrected chi connectivity index (χ1v) is 8.42. The monoisotopic (exact) mass is 358 g/mol. The molecule has 3 aromatic rings. The molecule has 5 nitrogen and oxygen atoms in total. The van der Waals surface area contributed by atoms with E-state index in [0.29, 0.717) is 16.9 Å². The average molecular weight is 358 g/mol. The third-order valence-corrected chi connectivity index (χ3v) is 3.72. The lowest BCUT2D eigenvalue weighted by atomic mass is 10.0. The maximum atomic E-state index is 12.3. The van der Waals surface area contributed by atoms with Crippen LogP contribution in [0.4, 0.5) is 0 Å². The van der Waals surface area contributed by atoms with Gasteiger partial charge >= 0.3 is 0 Å². The molecule has 0 saturated heterocycles. The van der Waals surface area contributed by atoms with Gasteiger partial charge in [0.25, 0.3) is 5.91 Å². The molecule has 134 valence electrons. The van der Waals surface area contributed by atoms with Crippen LogP contribution < -0.4 is 10.2 Å². The van der Waals surface area contributed by atoms with E-state index in [-0.39, 0.29) is 18.3 Å². The highest BCUT2D eigenvalue weighted by molar-refractivity contribution is 6.09. The predicted molar refractivity (Wildman–Crippen MR) is 104 cm³/mol. The minimum atomic E-state index is -0.356. The minimum Gasteiger partial charge on any atom is -0.484 e. The molecule has 0 spiro atoms. The fourth-order valence-electron chi connectivity index (χ4n) is 2.35. The highest BCUT2D eigenvalue weighted by Gasteiger charge is 2.07. The zero-order valence-corrected chi connectivity index (χ0v) is 14.5. The summed E-state index contributed by atoms with van der Waals surface area (Å²) >= 11 is 0. The second-order valence-corrected chi connectivity index (χ2v) is 5.71. The molecule has 0 radical (unpaired) electrons. The summed E-state index contributed by atoms with van der Waals surface area (Å²) in [5, 5.41) is 3.90. The number of hydrazone groups is 1. The lowest BCUT2D eigenvalue weighted by molar-refractivity contribution is -0.123. The summed E-state index contributed by atoms with van der Waals surface area (Å²) in [6.07, 6.45) is 1.51. The first-order chi connectivity index (χ1) is 13.2. The van der Waals surface area contributed by atoms with Crippen LogP contribution in [0.25, 0.3) is 0 Å². The highest BCUT2D eigenvalue weighted by Crippen LogP contribution is 2.10. The van der Waals surface area contributed by atoms with E-state index >= 15 is 0 Å². The highest BCUT2D eigenvalue weighted by atomic mass is 16.5. The number of ketones is 1. The lowest BCUT2D eigenvalue weighted by Crippen LogP contribution is -2.24. The van der Waals surface area contributed by atoms with Crippen molar-refractivity contribution in [2.75, 3.05) is 6.61 Å². The number of carbonyl (C=O) groups is 2. The number of amides is 1. The van der Waals surface area contributed by atoms with Gasteiger partial charge in [0.2, 0.25) is 0 Å². The van der Waals surface area contributed by atoms with Gasteiger partial charge in [-0.3, -0.25) is 9.59 Å². The molecule has 0 fully saturated rings. The molecule has 0 bridgehead atoms. The molecule has 0 aromatic heterocycles. The Bertz CT molecular complexity index is 921. The van der Waals surface area contributed by atoms with E-state index in [1.807, 2.05) is 36.4 Å². The Morgan fingerprint density at radius 1 is 0.815 bits per heavy atom. The van der Waals surface area contributed by atoms with E-state index in [0.717, 1.165) is 5.56 Å². The summed E-state index contributed by atoms with van der Waals surface area (Å²) in [5.74, 6) is 0.228. The van der Waals surface area contributed by atoms with E-state index < -0.39 is 0 Å². The van der Waals surface area contributed by atoms with Crippen molar-refractivity contribution in [1.29, 1.82) is 0 Å². The quantitative estimate of drug-likeness (QED) is 0.400. The van der Waals surface area contributed by atoms with Crippen LogP contribution in [0.15, 0.2) is 90.0 Å². The zero-order chi connectivity index (χ0) is 18.9. The van der Waals surface area contributed by atoms with Crippen molar-refractivity contribution in [1.82, 2.24) is 5.43 Å². The number of rotatable bonds is 7. The van der Waals surface area contributed by atoms with Crippen molar-refractivity contribution >= 4 is 17.9 Å². The number of benzene rings is 3. The molecule has 3 aromatic carbocycles. The van der Waals surface area contributed by atoms with Crippen LogP contribution in [0.3, 0.4) is 0 Å². The van der Waals surface area contributed by atoms with Gasteiger partial charge in [0, 0.05) is 11.1 Å². The van der Waals surface area contributed by atoms with Crippen LogP contribution in [0.2, 0.25) is 0 Å². The van der Waals surface area contributed by atoms with Gasteiger partial charge in [-0.05, 0) is 17.7 Å². The summed E-state index contributed by atoms with van der Waals surface area (Å²) in [6, 6.07) is 25.2. The molecule has 0 unspecified atom stereocenters. The van der Waals surface area contributed by atoms with E-state index in [2.05, 4.69) is 10.5 Å². The topological polar surface area (TPSA) is 67.8 Å². The Morgan fingerprint density at radius 3 is 2.07 bits per heavy atom. The van der Waals surface area contributed by atoms with Gasteiger partial charge in [0.1, 0.15) is 5.75 Å². The van der Waals surface area contributed by atoms with Gasteiger partial charge in [-0.25, -0.2) is 5.43 Å².